The van der Waals surface area contributed by atoms with Gasteiger partial charge in [0.1, 0.15) is 29.2 Å². The lowest BCUT2D eigenvalue weighted by Crippen LogP contribution is -2.58. The lowest BCUT2D eigenvalue weighted by atomic mass is 9.87. The van der Waals surface area contributed by atoms with Crippen molar-refractivity contribution in [2.24, 2.45) is 0 Å². The summed E-state index contributed by atoms with van der Waals surface area (Å²) in [4.78, 5) is 42.5. The zero-order valence-corrected chi connectivity index (χ0v) is 24.0. The lowest BCUT2D eigenvalue weighted by molar-refractivity contribution is -0.147. The number of aromatic hydroxyl groups is 2. The summed E-state index contributed by atoms with van der Waals surface area (Å²) >= 11 is 0. The van der Waals surface area contributed by atoms with Crippen molar-refractivity contribution >= 4 is 17.9 Å². The quantitative estimate of drug-likeness (QED) is 0.275. The largest absolute Gasteiger partial charge is 0.508 e. The van der Waals surface area contributed by atoms with E-state index in [1.54, 1.807) is 51.1 Å². The maximum absolute atomic E-state index is 14.4. The molecule has 0 aromatic heterocycles. The molecule has 9 nitrogen and oxygen atoms in total. The number of phenolic OH excluding ortho intramolecular Hbond substituents is 2. The molecule has 1 aliphatic rings. The third-order valence-corrected chi connectivity index (χ3v) is 6.93. The fourth-order valence-electron chi connectivity index (χ4n) is 4.70. The topological polar surface area (TPSA) is 128 Å². The van der Waals surface area contributed by atoms with E-state index >= 15 is 0 Å². The fourth-order valence-corrected chi connectivity index (χ4v) is 4.70. The molecule has 2 aromatic carbocycles. The molecule has 0 radical (unpaired) electrons. The van der Waals surface area contributed by atoms with E-state index in [1.165, 1.54) is 23.1 Å². The SMILES string of the molecule is CCCCCNC(=O)C(c1ccccc1O)N(C(=O)C(Cc1ccc(O)cc1)NC(=O)OC(C)(C)C)C1CCC1. The third kappa shape index (κ3) is 8.63. The Morgan fingerprint density at radius 2 is 1.70 bits per heavy atom. The van der Waals surface area contributed by atoms with Gasteiger partial charge in [0.15, 0.2) is 0 Å². The molecule has 0 aliphatic heterocycles. The van der Waals surface area contributed by atoms with Crippen molar-refractivity contribution in [2.75, 3.05) is 6.54 Å². The highest BCUT2D eigenvalue weighted by Gasteiger charge is 2.42. The highest BCUT2D eigenvalue weighted by Crippen LogP contribution is 2.37. The van der Waals surface area contributed by atoms with Crippen LogP contribution in [0.2, 0.25) is 0 Å². The molecule has 2 unspecified atom stereocenters. The van der Waals surface area contributed by atoms with Crippen LogP contribution in [0.1, 0.15) is 83.4 Å². The van der Waals surface area contributed by atoms with Crippen LogP contribution in [0.4, 0.5) is 4.79 Å². The first kappa shape index (κ1) is 30.8. The molecule has 0 bridgehead atoms. The zero-order chi connectivity index (χ0) is 29.3. The Kier molecular flexibility index (Phi) is 10.8. The number of rotatable bonds is 12. The number of hydrogen-bond acceptors (Lipinski definition) is 6. The molecule has 2 aromatic rings. The Hall–Kier alpha value is -3.75. The van der Waals surface area contributed by atoms with Gasteiger partial charge in [-0.1, -0.05) is 50.1 Å². The van der Waals surface area contributed by atoms with E-state index in [-0.39, 0.29) is 29.9 Å². The van der Waals surface area contributed by atoms with Gasteiger partial charge in [-0.3, -0.25) is 9.59 Å². The number of carbonyl (C=O) groups excluding carboxylic acids is 3. The highest BCUT2D eigenvalue weighted by atomic mass is 16.6. The summed E-state index contributed by atoms with van der Waals surface area (Å²) in [6.45, 7) is 7.75. The number of ether oxygens (including phenoxy) is 1. The van der Waals surface area contributed by atoms with Crippen molar-refractivity contribution in [1.82, 2.24) is 15.5 Å². The maximum atomic E-state index is 14.4. The van der Waals surface area contributed by atoms with Crippen molar-refractivity contribution in [3.05, 3.63) is 59.7 Å². The highest BCUT2D eigenvalue weighted by molar-refractivity contribution is 5.93. The summed E-state index contributed by atoms with van der Waals surface area (Å²) in [5.74, 6) is -0.815. The number of amides is 3. The van der Waals surface area contributed by atoms with Gasteiger partial charge < -0.3 is 30.5 Å². The number of hydrogen-bond donors (Lipinski definition) is 4. The van der Waals surface area contributed by atoms with Gasteiger partial charge in [-0.15, -0.1) is 0 Å². The predicted octanol–water partition coefficient (Wildman–Crippen LogP) is 4.96. The van der Waals surface area contributed by atoms with Crippen molar-refractivity contribution in [2.45, 2.75) is 96.4 Å². The number of benzene rings is 2. The van der Waals surface area contributed by atoms with Crippen LogP contribution in [0.5, 0.6) is 11.5 Å². The van der Waals surface area contributed by atoms with Crippen molar-refractivity contribution in [1.29, 1.82) is 0 Å². The third-order valence-electron chi connectivity index (χ3n) is 6.93. The van der Waals surface area contributed by atoms with E-state index in [0.29, 0.717) is 30.5 Å². The molecule has 4 N–H and O–H groups in total. The normalized spacial score (nSPS) is 14.9. The van der Waals surface area contributed by atoms with Crippen LogP contribution in [-0.2, 0) is 20.7 Å². The summed E-state index contributed by atoms with van der Waals surface area (Å²) in [7, 11) is 0. The Labute approximate surface area is 236 Å². The maximum Gasteiger partial charge on any atom is 0.408 e. The minimum atomic E-state index is -1.08. The van der Waals surface area contributed by atoms with Gasteiger partial charge in [0.25, 0.3) is 0 Å². The Morgan fingerprint density at radius 3 is 2.27 bits per heavy atom. The van der Waals surface area contributed by atoms with Crippen molar-refractivity contribution < 1.29 is 29.3 Å². The van der Waals surface area contributed by atoms with E-state index in [0.717, 1.165) is 25.7 Å². The minimum Gasteiger partial charge on any atom is -0.508 e. The summed E-state index contributed by atoms with van der Waals surface area (Å²) in [5.41, 5.74) is 0.265. The van der Waals surface area contributed by atoms with Crippen LogP contribution in [0, 0.1) is 0 Å². The molecular formula is C31H43N3O6. The van der Waals surface area contributed by atoms with E-state index in [4.69, 9.17) is 4.74 Å². The predicted molar refractivity (Wildman–Crippen MR) is 153 cm³/mol. The Bertz CT molecular complexity index is 1140. The van der Waals surface area contributed by atoms with Crippen molar-refractivity contribution in [3.63, 3.8) is 0 Å². The van der Waals surface area contributed by atoms with E-state index in [9.17, 15) is 24.6 Å². The number of unbranched alkanes of at least 4 members (excludes halogenated alkanes) is 2. The molecule has 0 saturated heterocycles. The molecular weight excluding hydrogens is 510 g/mol. The lowest BCUT2D eigenvalue weighted by Gasteiger charge is -2.43. The second-order valence-electron chi connectivity index (χ2n) is 11.4. The number of alkyl carbamates (subject to hydrolysis) is 1. The number of phenols is 2. The minimum absolute atomic E-state index is 0.0801. The Balaban J connectivity index is 2.00. The number of nitrogens with zero attached hydrogens (tertiary/aromatic N) is 1. The smallest absolute Gasteiger partial charge is 0.408 e. The summed E-state index contributed by atoms with van der Waals surface area (Å²) in [6, 6.07) is 10.6. The number of nitrogens with one attached hydrogen (secondary N) is 2. The summed E-state index contributed by atoms with van der Waals surface area (Å²) in [6.07, 6.45) is 4.45. The zero-order valence-electron chi connectivity index (χ0n) is 24.0. The first-order valence-electron chi connectivity index (χ1n) is 14.2. The molecule has 1 fully saturated rings. The van der Waals surface area contributed by atoms with Crippen LogP contribution in [0.3, 0.4) is 0 Å². The molecule has 40 heavy (non-hydrogen) atoms. The molecule has 9 heteroatoms. The second kappa shape index (κ2) is 14.1. The molecule has 3 amide bonds. The molecule has 3 rings (SSSR count). The van der Waals surface area contributed by atoms with Crippen molar-refractivity contribution in [3.8, 4) is 11.5 Å². The standard InChI is InChI=1S/C31H43N3O6/c1-5-6-9-19-32-28(37)27(24-13-7-8-14-26(24)36)34(22-11-10-12-22)29(38)25(33-30(39)40-31(2,3)4)20-21-15-17-23(35)18-16-21/h7-8,13-18,22,25,27,35-36H,5-6,9-12,19-20H2,1-4H3,(H,32,37)(H,33,39). The monoisotopic (exact) mass is 553 g/mol. The van der Waals surface area contributed by atoms with E-state index in [1.807, 2.05) is 0 Å². The van der Waals surface area contributed by atoms with Gasteiger partial charge in [-0.2, -0.15) is 0 Å². The molecule has 0 heterocycles. The van der Waals surface area contributed by atoms with Crippen LogP contribution in [0.25, 0.3) is 0 Å². The van der Waals surface area contributed by atoms with E-state index in [2.05, 4.69) is 17.6 Å². The fraction of sp³-hybridized carbons (Fsp3) is 0.516. The number of para-hydroxylation sites is 1. The molecule has 2 atom stereocenters. The van der Waals surface area contributed by atoms with Gasteiger partial charge in [-0.05, 0) is 70.2 Å². The van der Waals surface area contributed by atoms with Crippen LogP contribution in [0.15, 0.2) is 48.5 Å². The van der Waals surface area contributed by atoms with Crippen LogP contribution in [-0.4, -0.2) is 57.3 Å². The summed E-state index contributed by atoms with van der Waals surface area (Å²) in [5, 5.41) is 26.2. The Morgan fingerprint density at radius 1 is 1.02 bits per heavy atom. The van der Waals surface area contributed by atoms with Crippen LogP contribution < -0.4 is 10.6 Å². The van der Waals surface area contributed by atoms with E-state index < -0.39 is 29.7 Å². The van der Waals surface area contributed by atoms with Gasteiger partial charge in [0.05, 0.1) is 0 Å². The first-order valence-corrected chi connectivity index (χ1v) is 14.2. The molecule has 0 spiro atoms. The summed E-state index contributed by atoms with van der Waals surface area (Å²) < 4.78 is 5.46. The second-order valence-corrected chi connectivity index (χ2v) is 11.4. The van der Waals surface area contributed by atoms with Gasteiger partial charge in [0.2, 0.25) is 11.8 Å². The first-order chi connectivity index (χ1) is 19.0. The molecule has 1 saturated carbocycles. The van der Waals surface area contributed by atoms with Gasteiger partial charge in [0, 0.05) is 24.6 Å². The molecule has 218 valence electrons. The molecule has 1 aliphatic carbocycles. The van der Waals surface area contributed by atoms with Gasteiger partial charge in [-0.25, -0.2) is 4.79 Å². The van der Waals surface area contributed by atoms with Crippen LogP contribution >= 0.6 is 0 Å². The average molecular weight is 554 g/mol. The average Bonchev–Trinajstić information content (AvgIpc) is 2.85. The number of carbonyl (C=O) groups is 3. The van der Waals surface area contributed by atoms with Gasteiger partial charge >= 0.3 is 6.09 Å².